The minimum absolute atomic E-state index is 0.125. The molecule has 0 heterocycles. The molecule has 0 bridgehead atoms. The number of nitriles is 1. The van der Waals surface area contributed by atoms with E-state index in [4.69, 9.17) is 0 Å². The van der Waals surface area contributed by atoms with Crippen LogP contribution in [-0.4, -0.2) is 11.9 Å². The number of hydrogen-bond donors (Lipinski definition) is 2. The van der Waals surface area contributed by atoms with E-state index < -0.39 is 0 Å². The van der Waals surface area contributed by atoms with Crippen molar-refractivity contribution in [2.75, 3.05) is 5.32 Å². The van der Waals surface area contributed by atoms with Gasteiger partial charge in [-0.25, -0.2) is 0 Å². The number of carbonyl (C=O) groups is 1. The fraction of sp³-hybridized carbons (Fsp3) is 0.545. The highest BCUT2D eigenvalue weighted by atomic mass is 16.1. The van der Waals surface area contributed by atoms with Gasteiger partial charge in [-0.3, -0.25) is 4.79 Å². The summed E-state index contributed by atoms with van der Waals surface area (Å²) in [5, 5.41) is 15.4. The average Bonchev–Trinajstić information content (AvgIpc) is 2.65. The lowest BCUT2D eigenvalue weighted by molar-refractivity contribution is -0.117. The van der Waals surface area contributed by atoms with Crippen LogP contribution in [-0.2, 0) is 4.79 Å². The standard InChI is InChI=1S/C22H31N3O/c23-17-19(18-24-20-13-11-8-12-14-20)22(26)25-21-15-9-6-4-2-1-3-5-7-10-16-21/h8,11-14,18,21,24H,1-7,9-10,15-16H2,(H,25,26)/b19-18-. The number of rotatable bonds is 4. The van der Waals surface area contributed by atoms with E-state index in [9.17, 15) is 10.1 Å². The molecule has 0 radical (unpaired) electrons. The molecule has 2 N–H and O–H groups in total. The molecule has 140 valence electrons. The number of hydrogen-bond acceptors (Lipinski definition) is 3. The van der Waals surface area contributed by atoms with Gasteiger partial charge in [-0.15, -0.1) is 0 Å². The minimum atomic E-state index is -0.270. The van der Waals surface area contributed by atoms with Crippen molar-refractivity contribution in [2.24, 2.45) is 0 Å². The van der Waals surface area contributed by atoms with E-state index in [1.165, 1.54) is 51.1 Å². The van der Waals surface area contributed by atoms with Crippen LogP contribution in [0.4, 0.5) is 5.69 Å². The van der Waals surface area contributed by atoms with Gasteiger partial charge in [0, 0.05) is 17.9 Å². The van der Waals surface area contributed by atoms with Gasteiger partial charge in [-0.2, -0.15) is 5.26 Å². The maximum Gasteiger partial charge on any atom is 0.263 e. The van der Waals surface area contributed by atoms with E-state index in [0.717, 1.165) is 31.4 Å². The van der Waals surface area contributed by atoms with Gasteiger partial charge in [0.1, 0.15) is 11.6 Å². The lowest BCUT2D eigenvalue weighted by Gasteiger charge is -2.19. The fourth-order valence-electron chi connectivity index (χ4n) is 3.41. The Morgan fingerprint density at radius 3 is 2.00 bits per heavy atom. The quantitative estimate of drug-likeness (QED) is 0.570. The van der Waals surface area contributed by atoms with Gasteiger partial charge in [-0.05, 0) is 25.0 Å². The van der Waals surface area contributed by atoms with Gasteiger partial charge < -0.3 is 10.6 Å². The molecule has 1 amide bonds. The summed E-state index contributed by atoms with van der Waals surface area (Å²) in [5.41, 5.74) is 0.985. The highest BCUT2D eigenvalue weighted by molar-refractivity contribution is 5.97. The van der Waals surface area contributed by atoms with Gasteiger partial charge in [0.25, 0.3) is 5.91 Å². The van der Waals surface area contributed by atoms with Crippen molar-refractivity contribution in [1.82, 2.24) is 5.32 Å². The summed E-state index contributed by atoms with van der Waals surface area (Å²) in [6.07, 6.45) is 14.9. The van der Waals surface area contributed by atoms with Crippen molar-refractivity contribution in [3.63, 3.8) is 0 Å². The van der Waals surface area contributed by atoms with E-state index in [1.54, 1.807) is 0 Å². The lowest BCUT2D eigenvalue weighted by atomic mass is 9.98. The van der Waals surface area contributed by atoms with Crippen LogP contribution in [0.25, 0.3) is 0 Å². The SMILES string of the molecule is N#C/C(=C/Nc1ccccc1)C(=O)NC1CCCCCCCCCCC1. The summed E-state index contributed by atoms with van der Waals surface area (Å²) in [6.45, 7) is 0. The summed E-state index contributed by atoms with van der Waals surface area (Å²) >= 11 is 0. The molecule has 26 heavy (non-hydrogen) atoms. The van der Waals surface area contributed by atoms with Crippen molar-refractivity contribution >= 4 is 11.6 Å². The first-order chi connectivity index (χ1) is 12.8. The van der Waals surface area contributed by atoms with Gasteiger partial charge in [-0.1, -0.05) is 76.0 Å². The number of carbonyl (C=O) groups excluding carboxylic acids is 1. The Morgan fingerprint density at radius 2 is 1.46 bits per heavy atom. The number of benzene rings is 1. The minimum Gasteiger partial charge on any atom is -0.360 e. The summed E-state index contributed by atoms with van der Waals surface area (Å²) in [4.78, 5) is 12.5. The molecular formula is C22H31N3O. The Kier molecular flexibility index (Phi) is 9.35. The highest BCUT2D eigenvalue weighted by Crippen LogP contribution is 2.17. The van der Waals surface area contributed by atoms with Gasteiger partial charge in [0.15, 0.2) is 0 Å². The molecule has 1 aliphatic carbocycles. The first-order valence-corrected chi connectivity index (χ1v) is 10.0. The summed E-state index contributed by atoms with van der Waals surface area (Å²) in [5.74, 6) is -0.270. The van der Waals surface area contributed by atoms with Crippen molar-refractivity contribution in [3.05, 3.63) is 42.1 Å². The molecule has 1 aromatic carbocycles. The molecule has 1 fully saturated rings. The van der Waals surface area contributed by atoms with E-state index in [2.05, 4.69) is 10.6 Å². The molecule has 0 unspecified atom stereocenters. The lowest BCUT2D eigenvalue weighted by Crippen LogP contribution is -2.35. The van der Waals surface area contributed by atoms with Crippen LogP contribution in [0.2, 0.25) is 0 Å². The van der Waals surface area contributed by atoms with Crippen LogP contribution in [0.3, 0.4) is 0 Å². The fourth-order valence-corrected chi connectivity index (χ4v) is 3.41. The van der Waals surface area contributed by atoms with Crippen LogP contribution in [0.5, 0.6) is 0 Å². The Morgan fingerprint density at radius 1 is 0.923 bits per heavy atom. The van der Waals surface area contributed by atoms with Crippen molar-refractivity contribution in [3.8, 4) is 6.07 Å². The summed E-state index contributed by atoms with van der Waals surface area (Å²) < 4.78 is 0. The van der Waals surface area contributed by atoms with Crippen molar-refractivity contribution in [1.29, 1.82) is 5.26 Å². The molecule has 4 nitrogen and oxygen atoms in total. The smallest absolute Gasteiger partial charge is 0.263 e. The van der Waals surface area contributed by atoms with E-state index in [1.807, 2.05) is 36.4 Å². The second-order valence-electron chi connectivity index (χ2n) is 7.11. The third-order valence-electron chi connectivity index (χ3n) is 4.96. The molecule has 0 atom stereocenters. The second kappa shape index (κ2) is 12.1. The molecule has 4 heteroatoms. The molecule has 0 saturated heterocycles. The van der Waals surface area contributed by atoms with Crippen molar-refractivity contribution in [2.45, 2.75) is 76.7 Å². The van der Waals surface area contributed by atoms with Crippen molar-refractivity contribution < 1.29 is 4.79 Å². The predicted molar refractivity (Wildman–Crippen MR) is 106 cm³/mol. The number of para-hydroxylation sites is 1. The zero-order chi connectivity index (χ0) is 18.5. The van der Waals surface area contributed by atoms with Crippen LogP contribution >= 0.6 is 0 Å². The van der Waals surface area contributed by atoms with Gasteiger partial charge in [0.05, 0.1) is 0 Å². The molecule has 2 rings (SSSR count). The van der Waals surface area contributed by atoms with Crippen LogP contribution < -0.4 is 10.6 Å². The Balaban J connectivity index is 1.89. The van der Waals surface area contributed by atoms with Crippen LogP contribution in [0.1, 0.15) is 70.6 Å². The van der Waals surface area contributed by atoms with E-state index in [0.29, 0.717) is 0 Å². The normalized spacial score (nSPS) is 18.0. The first kappa shape index (κ1) is 20.0. The van der Waals surface area contributed by atoms with Gasteiger partial charge >= 0.3 is 0 Å². The molecule has 1 saturated carbocycles. The zero-order valence-corrected chi connectivity index (χ0v) is 15.7. The number of nitrogens with one attached hydrogen (secondary N) is 2. The molecule has 0 spiro atoms. The van der Waals surface area contributed by atoms with Gasteiger partial charge in [0.2, 0.25) is 0 Å². The van der Waals surface area contributed by atoms with E-state index >= 15 is 0 Å². The van der Waals surface area contributed by atoms with Crippen LogP contribution in [0, 0.1) is 11.3 Å². The second-order valence-corrected chi connectivity index (χ2v) is 7.11. The molecular weight excluding hydrogens is 322 g/mol. The van der Waals surface area contributed by atoms with Crippen LogP contribution in [0.15, 0.2) is 42.1 Å². The number of anilines is 1. The molecule has 0 aromatic heterocycles. The monoisotopic (exact) mass is 353 g/mol. The maximum absolute atomic E-state index is 12.5. The van der Waals surface area contributed by atoms with E-state index in [-0.39, 0.29) is 17.5 Å². The third-order valence-corrected chi connectivity index (χ3v) is 4.96. The molecule has 1 aromatic rings. The highest BCUT2D eigenvalue weighted by Gasteiger charge is 2.16. The topological polar surface area (TPSA) is 64.9 Å². The zero-order valence-electron chi connectivity index (χ0n) is 15.7. The Hall–Kier alpha value is -2.28. The molecule has 1 aliphatic rings. The maximum atomic E-state index is 12.5. The average molecular weight is 354 g/mol. The third kappa shape index (κ3) is 7.74. The predicted octanol–water partition coefficient (Wildman–Crippen LogP) is 5.30. The summed E-state index contributed by atoms with van der Waals surface area (Å²) in [6, 6.07) is 11.7. The molecule has 0 aliphatic heterocycles. The number of nitrogens with zero attached hydrogens (tertiary/aromatic N) is 1. The first-order valence-electron chi connectivity index (χ1n) is 10.0. The number of amides is 1. The largest absolute Gasteiger partial charge is 0.360 e. The summed E-state index contributed by atoms with van der Waals surface area (Å²) in [7, 11) is 0. The Labute approximate surface area is 157 Å². The Bertz CT molecular complexity index is 592.